The van der Waals surface area contributed by atoms with Crippen molar-refractivity contribution in [3.63, 3.8) is 0 Å². The molecule has 2 aromatic rings. The second-order valence-electron chi connectivity index (χ2n) is 4.99. The monoisotopic (exact) mass is 273 g/mol. The molecule has 0 amide bonds. The Labute approximate surface area is 119 Å². The predicted molar refractivity (Wildman–Crippen MR) is 79.0 cm³/mol. The van der Waals surface area contributed by atoms with E-state index in [1.54, 1.807) is 12.1 Å². The average Bonchev–Trinajstić information content (AvgIpc) is 2.49. The van der Waals surface area contributed by atoms with Crippen molar-refractivity contribution in [1.29, 1.82) is 0 Å². The number of halogens is 1. The number of hydrogen-bond donors (Lipinski definition) is 2. The highest BCUT2D eigenvalue weighted by molar-refractivity contribution is 5.22. The SMILES string of the molecule is NCC(c1ccc(F)cc1)C(O)CCc1ccccc1. The maximum atomic E-state index is 12.9. The van der Waals surface area contributed by atoms with Gasteiger partial charge in [-0.05, 0) is 36.1 Å². The topological polar surface area (TPSA) is 46.2 Å². The van der Waals surface area contributed by atoms with E-state index in [4.69, 9.17) is 5.73 Å². The molecule has 0 aliphatic rings. The second-order valence-corrected chi connectivity index (χ2v) is 4.99. The first-order valence-electron chi connectivity index (χ1n) is 6.88. The van der Waals surface area contributed by atoms with Gasteiger partial charge in [-0.3, -0.25) is 0 Å². The molecule has 106 valence electrons. The fourth-order valence-corrected chi connectivity index (χ4v) is 2.39. The van der Waals surface area contributed by atoms with Crippen molar-refractivity contribution >= 4 is 0 Å². The molecule has 2 atom stereocenters. The Balaban J connectivity index is 1.98. The summed E-state index contributed by atoms with van der Waals surface area (Å²) in [4.78, 5) is 0. The molecule has 2 unspecified atom stereocenters. The molecule has 0 aliphatic heterocycles. The van der Waals surface area contributed by atoms with Crippen LogP contribution in [0.1, 0.15) is 23.5 Å². The van der Waals surface area contributed by atoms with E-state index >= 15 is 0 Å². The van der Waals surface area contributed by atoms with Crippen LogP contribution >= 0.6 is 0 Å². The van der Waals surface area contributed by atoms with Crippen LogP contribution < -0.4 is 5.73 Å². The van der Waals surface area contributed by atoms with Crippen molar-refractivity contribution in [1.82, 2.24) is 0 Å². The summed E-state index contributed by atoms with van der Waals surface area (Å²) in [6, 6.07) is 16.2. The van der Waals surface area contributed by atoms with Crippen LogP contribution in [0.4, 0.5) is 4.39 Å². The van der Waals surface area contributed by atoms with Gasteiger partial charge in [-0.15, -0.1) is 0 Å². The summed E-state index contributed by atoms with van der Waals surface area (Å²) in [5.74, 6) is -0.428. The zero-order valence-electron chi connectivity index (χ0n) is 11.4. The maximum Gasteiger partial charge on any atom is 0.123 e. The van der Waals surface area contributed by atoms with E-state index in [1.165, 1.54) is 17.7 Å². The Morgan fingerprint density at radius 3 is 2.25 bits per heavy atom. The van der Waals surface area contributed by atoms with Crippen LogP contribution in [-0.2, 0) is 6.42 Å². The van der Waals surface area contributed by atoms with E-state index in [2.05, 4.69) is 0 Å². The van der Waals surface area contributed by atoms with E-state index in [0.29, 0.717) is 13.0 Å². The maximum absolute atomic E-state index is 12.9. The Morgan fingerprint density at radius 2 is 1.65 bits per heavy atom. The first-order valence-corrected chi connectivity index (χ1v) is 6.88. The van der Waals surface area contributed by atoms with Gasteiger partial charge in [0.15, 0.2) is 0 Å². The predicted octanol–water partition coefficient (Wildman–Crippen LogP) is 2.86. The lowest BCUT2D eigenvalue weighted by Gasteiger charge is -2.22. The number of rotatable bonds is 6. The smallest absolute Gasteiger partial charge is 0.123 e. The van der Waals surface area contributed by atoms with Gasteiger partial charge in [0, 0.05) is 12.5 Å². The number of nitrogens with two attached hydrogens (primary N) is 1. The van der Waals surface area contributed by atoms with Gasteiger partial charge < -0.3 is 10.8 Å². The molecule has 0 saturated heterocycles. The first-order chi connectivity index (χ1) is 9.70. The third kappa shape index (κ3) is 3.89. The van der Waals surface area contributed by atoms with E-state index in [0.717, 1.165) is 12.0 Å². The number of aliphatic hydroxyl groups is 1. The van der Waals surface area contributed by atoms with Crippen LogP contribution in [0.15, 0.2) is 54.6 Å². The van der Waals surface area contributed by atoms with Gasteiger partial charge >= 0.3 is 0 Å². The van der Waals surface area contributed by atoms with Gasteiger partial charge in [0.25, 0.3) is 0 Å². The molecule has 0 saturated carbocycles. The van der Waals surface area contributed by atoms with Crippen LogP contribution in [0.3, 0.4) is 0 Å². The summed E-state index contributed by atoms with van der Waals surface area (Å²) in [6.45, 7) is 0.349. The van der Waals surface area contributed by atoms with Crippen LogP contribution in [0.5, 0.6) is 0 Å². The molecule has 0 heterocycles. The summed E-state index contributed by atoms with van der Waals surface area (Å²) in [6.07, 6.45) is 0.925. The Kier molecular flexibility index (Phi) is 5.27. The van der Waals surface area contributed by atoms with E-state index in [9.17, 15) is 9.50 Å². The van der Waals surface area contributed by atoms with Gasteiger partial charge in [0.1, 0.15) is 5.82 Å². The van der Waals surface area contributed by atoms with Crippen molar-refractivity contribution in [3.8, 4) is 0 Å². The largest absolute Gasteiger partial charge is 0.392 e. The Bertz CT molecular complexity index is 512. The molecule has 0 bridgehead atoms. The molecule has 2 nitrogen and oxygen atoms in total. The van der Waals surface area contributed by atoms with Gasteiger partial charge in [0.05, 0.1) is 6.10 Å². The van der Waals surface area contributed by atoms with Crippen molar-refractivity contribution in [3.05, 3.63) is 71.5 Å². The first kappa shape index (κ1) is 14.7. The summed E-state index contributed by atoms with van der Waals surface area (Å²) in [5.41, 5.74) is 7.84. The van der Waals surface area contributed by atoms with Gasteiger partial charge in [-0.25, -0.2) is 4.39 Å². The fraction of sp³-hybridized carbons (Fsp3) is 0.294. The number of benzene rings is 2. The fourth-order valence-electron chi connectivity index (χ4n) is 2.39. The molecule has 2 rings (SSSR count). The minimum Gasteiger partial charge on any atom is -0.392 e. The van der Waals surface area contributed by atoms with Crippen LogP contribution in [0.2, 0.25) is 0 Å². The van der Waals surface area contributed by atoms with Gasteiger partial charge in [-0.1, -0.05) is 42.5 Å². The molecule has 0 fully saturated rings. The highest BCUT2D eigenvalue weighted by Gasteiger charge is 2.19. The zero-order chi connectivity index (χ0) is 14.4. The third-order valence-corrected chi connectivity index (χ3v) is 3.59. The highest BCUT2D eigenvalue weighted by atomic mass is 19.1. The molecule has 2 aromatic carbocycles. The minimum absolute atomic E-state index is 0.153. The van der Waals surface area contributed by atoms with E-state index < -0.39 is 6.10 Å². The molecular formula is C17H20FNO. The van der Waals surface area contributed by atoms with Crippen LogP contribution in [0.25, 0.3) is 0 Å². The molecule has 20 heavy (non-hydrogen) atoms. The lowest BCUT2D eigenvalue weighted by Crippen LogP contribution is -2.26. The standard InChI is InChI=1S/C17H20FNO/c18-15-9-7-14(8-10-15)16(12-19)17(20)11-6-13-4-2-1-3-5-13/h1-5,7-10,16-17,20H,6,11-12,19H2. The summed E-state index contributed by atoms with van der Waals surface area (Å²) in [7, 11) is 0. The number of hydrogen-bond acceptors (Lipinski definition) is 2. The molecule has 3 heteroatoms. The van der Waals surface area contributed by atoms with E-state index in [-0.39, 0.29) is 11.7 Å². The summed E-state index contributed by atoms with van der Waals surface area (Å²) < 4.78 is 12.9. The molecule has 0 spiro atoms. The number of aliphatic hydroxyl groups excluding tert-OH is 1. The Morgan fingerprint density at radius 1 is 1.00 bits per heavy atom. The molecule has 0 radical (unpaired) electrons. The lowest BCUT2D eigenvalue weighted by atomic mass is 9.90. The molecule has 0 aromatic heterocycles. The van der Waals surface area contributed by atoms with E-state index in [1.807, 2.05) is 30.3 Å². The average molecular weight is 273 g/mol. The molecule has 0 aliphatic carbocycles. The van der Waals surface area contributed by atoms with Crippen molar-refractivity contribution in [2.75, 3.05) is 6.54 Å². The van der Waals surface area contributed by atoms with Crippen LogP contribution in [0, 0.1) is 5.82 Å². The summed E-state index contributed by atoms with van der Waals surface area (Å²) in [5, 5.41) is 10.3. The third-order valence-electron chi connectivity index (χ3n) is 3.59. The number of aryl methyl sites for hydroxylation is 1. The van der Waals surface area contributed by atoms with Crippen molar-refractivity contribution < 1.29 is 9.50 Å². The minimum atomic E-state index is -0.523. The van der Waals surface area contributed by atoms with Gasteiger partial charge in [-0.2, -0.15) is 0 Å². The van der Waals surface area contributed by atoms with Gasteiger partial charge in [0.2, 0.25) is 0 Å². The molecule has 3 N–H and O–H groups in total. The zero-order valence-corrected chi connectivity index (χ0v) is 11.4. The lowest BCUT2D eigenvalue weighted by molar-refractivity contribution is 0.136. The normalized spacial score (nSPS) is 13.9. The van der Waals surface area contributed by atoms with Crippen molar-refractivity contribution in [2.45, 2.75) is 24.9 Å². The Hall–Kier alpha value is -1.71. The second kappa shape index (κ2) is 7.17. The quantitative estimate of drug-likeness (QED) is 0.850. The van der Waals surface area contributed by atoms with Crippen molar-refractivity contribution in [2.24, 2.45) is 5.73 Å². The summed E-state index contributed by atoms with van der Waals surface area (Å²) >= 11 is 0. The van der Waals surface area contributed by atoms with Crippen LogP contribution in [-0.4, -0.2) is 17.8 Å². The highest BCUT2D eigenvalue weighted by Crippen LogP contribution is 2.22. The molecular weight excluding hydrogens is 253 g/mol.